The number of hydrogen-bond donors (Lipinski definition) is 0. The summed E-state index contributed by atoms with van der Waals surface area (Å²) in [6, 6.07) is 42.6. The van der Waals surface area contributed by atoms with Crippen LogP contribution in [-0.4, -0.2) is 0 Å². The average molecular weight is 618 g/mol. The lowest BCUT2D eigenvalue weighted by atomic mass is 9.76. The van der Waals surface area contributed by atoms with Crippen LogP contribution in [0.4, 0.5) is 0 Å². The highest BCUT2D eigenvalue weighted by molar-refractivity contribution is 6.27. The third-order valence-corrected chi connectivity index (χ3v) is 10.3. The zero-order valence-corrected chi connectivity index (χ0v) is 26.5. The molecule has 0 amide bonds. The largest absolute Gasteiger partial charge is 0.455 e. The van der Waals surface area contributed by atoms with Crippen molar-refractivity contribution < 1.29 is 11.3 Å². The Labute approximate surface area is 286 Å². The third-order valence-electron chi connectivity index (χ3n) is 10.3. The maximum absolute atomic E-state index is 8.99. The highest BCUT2D eigenvalue weighted by Gasteiger charge is 2.40. The van der Waals surface area contributed by atoms with Crippen molar-refractivity contribution in [2.45, 2.75) is 19.3 Å². The molecule has 8 aromatic carbocycles. The Balaban J connectivity index is 1.39. The molecular formula is C47H32O. The van der Waals surface area contributed by atoms with E-state index in [9.17, 15) is 0 Å². The Hall–Kier alpha value is -5.92. The van der Waals surface area contributed by atoms with Crippen LogP contribution >= 0.6 is 0 Å². The quantitative estimate of drug-likeness (QED) is 0.192. The van der Waals surface area contributed by atoms with Crippen LogP contribution in [0.3, 0.4) is 0 Å². The van der Waals surface area contributed by atoms with Crippen molar-refractivity contribution in [2.24, 2.45) is 0 Å². The summed E-state index contributed by atoms with van der Waals surface area (Å²) >= 11 is 0. The fourth-order valence-corrected chi connectivity index (χ4v) is 8.27. The molecule has 0 aliphatic heterocycles. The first kappa shape index (κ1) is 22.6. The number of hydrogen-bond acceptors (Lipinski definition) is 1. The van der Waals surface area contributed by atoms with Crippen molar-refractivity contribution in [1.29, 1.82) is 0 Å². The zero-order valence-electron chi connectivity index (χ0n) is 31.5. The van der Waals surface area contributed by atoms with Crippen LogP contribution in [-0.2, 0) is 5.41 Å². The van der Waals surface area contributed by atoms with Gasteiger partial charge in [0, 0.05) is 27.3 Å². The second-order valence-electron chi connectivity index (χ2n) is 13.2. The van der Waals surface area contributed by atoms with Crippen molar-refractivity contribution >= 4 is 43.5 Å². The van der Waals surface area contributed by atoms with Gasteiger partial charge in [-0.25, -0.2) is 0 Å². The zero-order chi connectivity index (χ0) is 36.3. The number of furan rings is 1. The van der Waals surface area contributed by atoms with Crippen LogP contribution < -0.4 is 0 Å². The number of rotatable bonds is 3. The molecule has 1 nitrogen and oxygen atoms in total. The maximum atomic E-state index is 8.99. The van der Waals surface area contributed by atoms with Crippen LogP contribution in [0.2, 0.25) is 0 Å². The van der Waals surface area contributed by atoms with Crippen LogP contribution in [0.1, 0.15) is 31.8 Å². The summed E-state index contributed by atoms with van der Waals surface area (Å²) in [4.78, 5) is 0. The highest BCUT2D eigenvalue weighted by atomic mass is 16.3. The van der Waals surface area contributed by atoms with Crippen LogP contribution in [0, 0.1) is 0 Å². The van der Waals surface area contributed by atoms with Gasteiger partial charge in [-0.2, -0.15) is 0 Å². The molecule has 226 valence electrons. The van der Waals surface area contributed by atoms with E-state index < -0.39 is 11.5 Å². The summed E-state index contributed by atoms with van der Waals surface area (Å²) < 4.78 is 50.3. The molecule has 0 bridgehead atoms. The van der Waals surface area contributed by atoms with E-state index in [1.807, 2.05) is 30.3 Å². The van der Waals surface area contributed by atoms with Gasteiger partial charge in [0.1, 0.15) is 11.2 Å². The molecule has 9 aromatic rings. The van der Waals surface area contributed by atoms with Gasteiger partial charge in [-0.05, 0) is 78.2 Å². The SMILES string of the molecule is [2H]c1c([2H])c([2H])c(-c2ccc(-c3c4ccccc4c(-c4ccc5ccccc5c4)c4oc5ccccc5c34)c3c2-c2ccccc2C3(C)C)c([2H])c1[2H]. The molecule has 1 heteroatoms. The highest BCUT2D eigenvalue weighted by Crippen LogP contribution is 2.57. The van der Waals surface area contributed by atoms with Gasteiger partial charge >= 0.3 is 0 Å². The Morgan fingerprint density at radius 2 is 1.19 bits per heavy atom. The van der Waals surface area contributed by atoms with Gasteiger partial charge in [-0.15, -0.1) is 0 Å². The Bertz CT molecular complexity index is 3020. The van der Waals surface area contributed by atoms with Crippen molar-refractivity contribution in [1.82, 2.24) is 0 Å². The topological polar surface area (TPSA) is 13.1 Å². The van der Waals surface area contributed by atoms with E-state index >= 15 is 0 Å². The minimum absolute atomic E-state index is 0.207. The molecule has 0 saturated carbocycles. The lowest BCUT2D eigenvalue weighted by molar-refractivity contribution is 0.662. The molecule has 48 heavy (non-hydrogen) atoms. The van der Waals surface area contributed by atoms with Crippen LogP contribution in [0.15, 0.2) is 162 Å². The van der Waals surface area contributed by atoms with Crippen molar-refractivity contribution in [3.05, 3.63) is 169 Å². The second-order valence-corrected chi connectivity index (χ2v) is 13.2. The number of fused-ring (bicyclic) bond motifs is 8. The molecule has 0 unspecified atom stereocenters. The predicted octanol–water partition coefficient (Wildman–Crippen LogP) is 13.2. The van der Waals surface area contributed by atoms with Crippen LogP contribution in [0.25, 0.3) is 88.0 Å². The molecule has 1 aliphatic carbocycles. The normalized spacial score (nSPS) is 14.8. The summed E-state index contributed by atoms with van der Waals surface area (Å²) in [5, 5.41) is 6.52. The standard InChI is InChI=1S/C47H32O/c1-47(2)39-22-12-10-20-36(39)43-33(30-15-4-3-5-16-30)26-27-38(45(43)47)42-35-19-9-8-18-34(35)41(32-25-24-29-14-6-7-17-31(29)28-32)46-44(42)37-21-11-13-23-40(37)48-46/h3-28H,1-2H3/i3D,4D,5D,15D,16D. The molecular weight excluding hydrogens is 581 g/mol. The fraction of sp³-hybridized carbons (Fsp3) is 0.0638. The Morgan fingerprint density at radius 3 is 2.02 bits per heavy atom. The smallest absolute Gasteiger partial charge is 0.144 e. The summed E-state index contributed by atoms with van der Waals surface area (Å²) in [6.07, 6.45) is 0. The first-order valence-corrected chi connectivity index (χ1v) is 16.4. The monoisotopic (exact) mass is 617 g/mol. The van der Waals surface area contributed by atoms with Gasteiger partial charge in [0.05, 0.1) is 6.85 Å². The van der Waals surface area contributed by atoms with Gasteiger partial charge in [-0.3, -0.25) is 0 Å². The minimum Gasteiger partial charge on any atom is -0.455 e. The predicted molar refractivity (Wildman–Crippen MR) is 203 cm³/mol. The van der Waals surface area contributed by atoms with E-state index in [0.29, 0.717) is 5.56 Å². The molecule has 0 radical (unpaired) electrons. The molecule has 0 spiro atoms. The van der Waals surface area contributed by atoms with E-state index in [1.54, 1.807) is 0 Å². The Kier molecular flexibility index (Phi) is 4.72. The molecule has 1 heterocycles. The summed E-state index contributed by atoms with van der Waals surface area (Å²) in [5.74, 6) is 0. The first-order valence-electron chi connectivity index (χ1n) is 18.9. The second kappa shape index (κ2) is 10.0. The fourth-order valence-electron chi connectivity index (χ4n) is 8.27. The third kappa shape index (κ3) is 3.73. The molecule has 1 aromatic heterocycles. The number of para-hydroxylation sites is 1. The maximum Gasteiger partial charge on any atom is 0.144 e. The lowest BCUT2D eigenvalue weighted by Gasteiger charge is -2.26. The van der Waals surface area contributed by atoms with Crippen molar-refractivity contribution in [3.8, 4) is 44.5 Å². The molecule has 1 aliphatic rings. The first-order chi connectivity index (χ1) is 25.7. The van der Waals surface area contributed by atoms with Crippen molar-refractivity contribution in [3.63, 3.8) is 0 Å². The lowest BCUT2D eigenvalue weighted by Crippen LogP contribution is -2.16. The Morgan fingerprint density at radius 1 is 0.521 bits per heavy atom. The van der Waals surface area contributed by atoms with E-state index in [1.165, 1.54) is 5.39 Å². The van der Waals surface area contributed by atoms with Gasteiger partial charge in [0.25, 0.3) is 0 Å². The van der Waals surface area contributed by atoms with Gasteiger partial charge in [0.2, 0.25) is 0 Å². The molecule has 10 rings (SSSR count). The summed E-state index contributed by atoms with van der Waals surface area (Å²) in [5.41, 5.74) is 10.2. The summed E-state index contributed by atoms with van der Waals surface area (Å²) in [7, 11) is 0. The average Bonchev–Trinajstić information content (AvgIpc) is 3.68. The molecule has 0 N–H and O–H groups in total. The molecule has 0 fully saturated rings. The molecule has 0 atom stereocenters. The van der Waals surface area contributed by atoms with E-state index in [4.69, 9.17) is 11.3 Å². The molecule has 0 saturated heterocycles. The minimum atomic E-state index is -0.491. The van der Waals surface area contributed by atoms with Crippen molar-refractivity contribution in [2.75, 3.05) is 0 Å². The summed E-state index contributed by atoms with van der Waals surface area (Å²) in [6.45, 7) is 4.45. The number of benzene rings is 8. The van der Waals surface area contributed by atoms with Gasteiger partial charge < -0.3 is 4.42 Å². The van der Waals surface area contributed by atoms with Crippen LogP contribution in [0.5, 0.6) is 0 Å². The van der Waals surface area contributed by atoms with Gasteiger partial charge in [-0.1, -0.05) is 159 Å². The van der Waals surface area contributed by atoms with Gasteiger partial charge in [0.15, 0.2) is 0 Å². The van der Waals surface area contributed by atoms with E-state index in [0.717, 1.165) is 82.6 Å². The van der Waals surface area contributed by atoms with E-state index in [2.05, 4.69) is 111 Å². The van der Waals surface area contributed by atoms with E-state index in [-0.39, 0.29) is 29.7 Å².